The summed E-state index contributed by atoms with van der Waals surface area (Å²) < 4.78 is 259. The third-order valence-electron chi connectivity index (χ3n) is 6.24. The topological polar surface area (TPSA) is 112 Å². The molecule has 0 spiro atoms. The molecule has 0 rings (SSSR count). The van der Waals surface area contributed by atoms with E-state index in [9.17, 15) is 107 Å². The molecule has 0 unspecified atom stereocenters. The van der Waals surface area contributed by atoms with Gasteiger partial charge in [-0.3, -0.25) is 14.4 Å². The molecule has 344 valence electrons. The largest absolute Gasteiger partial charge is 0.506 e. The summed E-state index contributed by atoms with van der Waals surface area (Å²) >= 11 is 0. The maximum Gasteiger partial charge on any atom is 0.460 e. The van der Waals surface area contributed by atoms with Crippen LogP contribution >= 0.6 is 0 Å². The van der Waals surface area contributed by atoms with E-state index in [1.54, 1.807) is 0 Å². The first-order valence-electron chi connectivity index (χ1n) is 14.5. The van der Waals surface area contributed by atoms with Crippen molar-refractivity contribution in [2.24, 2.45) is 16.2 Å². The Morgan fingerprint density at radius 3 is 0.534 bits per heavy atom. The van der Waals surface area contributed by atoms with Crippen LogP contribution in [0.1, 0.15) is 62.3 Å². The van der Waals surface area contributed by atoms with Crippen molar-refractivity contribution in [3.63, 3.8) is 0 Å². The van der Waals surface area contributed by atoms with Crippen LogP contribution in [-0.4, -0.2) is 86.7 Å². The van der Waals surface area contributed by atoms with Crippen molar-refractivity contribution in [2.75, 3.05) is 0 Å². The number of hydrogen-bond acceptors (Lipinski definition) is 6. The number of allylic oxidation sites excluding steroid dienone is 6. The van der Waals surface area contributed by atoms with Crippen LogP contribution in [0.3, 0.4) is 0 Å². The van der Waals surface area contributed by atoms with Gasteiger partial charge in [0.1, 0.15) is 0 Å². The van der Waals surface area contributed by atoms with Gasteiger partial charge in [0.25, 0.3) is 0 Å². The zero-order valence-electron chi connectivity index (χ0n) is 30.6. The molecule has 0 atom stereocenters. The third kappa shape index (κ3) is 14.9. The van der Waals surface area contributed by atoms with Gasteiger partial charge >= 0.3 is 54.1 Å². The Hall–Kier alpha value is -2.52. The predicted molar refractivity (Wildman–Crippen MR) is 153 cm³/mol. The van der Waals surface area contributed by atoms with Crippen molar-refractivity contribution in [3.05, 3.63) is 35.5 Å². The van der Waals surface area contributed by atoms with Crippen LogP contribution in [0.25, 0.3) is 0 Å². The fraction of sp³-hybridized carbons (Fsp3) is 0.700. The van der Waals surface area contributed by atoms with Crippen LogP contribution in [0.5, 0.6) is 0 Å². The summed E-state index contributed by atoms with van der Waals surface area (Å²) in [6.45, 7) is 10.9. The van der Waals surface area contributed by atoms with Gasteiger partial charge in [-0.25, -0.2) is 0 Å². The summed E-state index contributed by atoms with van der Waals surface area (Å²) in [5, 5.41) is 26.2. The number of aliphatic hydroxyl groups is 3. The molecule has 0 radical (unpaired) electrons. The minimum atomic E-state index is -6.57. The van der Waals surface area contributed by atoms with Crippen molar-refractivity contribution >= 4 is 17.3 Å². The van der Waals surface area contributed by atoms with Gasteiger partial charge in [-0.15, -0.1) is 0 Å². The summed E-state index contributed by atoms with van der Waals surface area (Å²) in [6.07, 6.45) is -20.7. The van der Waals surface area contributed by atoms with Crippen LogP contribution in [0.15, 0.2) is 35.5 Å². The number of aliphatic hydroxyl groups excluding tert-OH is 3. The van der Waals surface area contributed by atoms with E-state index >= 15 is 0 Å². The molecule has 0 aliphatic heterocycles. The predicted octanol–water partition coefficient (Wildman–Crippen LogP) is 11.6. The number of carbonyl (C=O) groups excluding carboxylic acids is 3. The van der Waals surface area contributed by atoms with E-state index in [1.165, 1.54) is 62.3 Å². The summed E-state index contributed by atoms with van der Waals surface area (Å²) in [5.74, 6) is -48.8. The molecule has 0 amide bonds. The maximum absolute atomic E-state index is 12.9. The Labute approximate surface area is 346 Å². The van der Waals surface area contributed by atoms with Gasteiger partial charge in [0.05, 0.1) is 0 Å². The van der Waals surface area contributed by atoms with Crippen molar-refractivity contribution in [2.45, 2.75) is 116 Å². The SMILES string of the molecule is CC(C)(C)C(=O)/C=C(\O)C(F)(F)C(F)(F)C(F)(F)F.CC(C)(C)C(=O)/C=C(\O)C(F)(F)C(F)(F)C(F)(F)F.CC(C)(C)C(=O)/C=C(\O)C(F)(F)C(F)(F)C(F)(F)F.[Gd]. The molecular weight excluding hydrogens is 1010 g/mol. The Balaban J connectivity index is -0.000000374. The minimum absolute atomic E-state index is 0. The molecule has 28 heteroatoms. The van der Waals surface area contributed by atoms with Gasteiger partial charge in [0.2, 0.25) is 0 Å². The molecule has 0 saturated heterocycles. The molecule has 6 nitrogen and oxygen atoms in total. The first-order chi connectivity index (χ1) is 24.1. The zero-order valence-corrected chi connectivity index (χ0v) is 32.9. The number of hydrogen-bond donors (Lipinski definition) is 3. The second-order valence-corrected chi connectivity index (χ2v) is 14.4. The number of alkyl halides is 21. The fourth-order valence-corrected chi connectivity index (χ4v) is 2.31. The summed E-state index contributed by atoms with van der Waals surface area (Å²) in [6, 6.07) is 0. The molecule has 0 aliphatic carbocycles. The average molecular weight is 1050 g/mol. The molecule has 3 N–H and O–H groups in total. The monoisotopic (exact) mass is 1050 g/mol. The fourth-order valence-electron chi connectivity index (χ4n) is 2.31. The van der Waals surface area contributed by atoms with Crippen LogP contribution < -0.4 is 0 Å². The quantitative estimate of drug-likeness (QED) is 0.120. The Kier molecular flexibility index (Phi) is 20.4. The molecule has 0 bridgehead atoms. The van der Waals surface area contributed by atoms with E-state index in [0.29, 0.717) is 0 Å². The van der Waals surface area contributed by atoms with Crippen LogP contribution in [-0.2, 0) is 14.4 Å². The molecule has 58 heavy (non-hydrogen) atoms. The Morgan fingerprint density at radius 1 is 0.328 bits per heavy atom. The average Bonchev–Trinajstić information content (AvgIpc) is 2.93. The number of carbonyl (C=O) groups is 3. The first kappa shape index (κ1) is 62.1. The summed E-state index contributed by atoms with van der Waals surface area (Å²) in [5.41, 5.74) is -3.97. The second-order valence-electron chi connectivity index (χ2n) is 14.4. The van der Waals surface area contributed by atoms with Gasteiger partial charge < -0.3 is 15.3 Å². The standard InChI is InChI=1S/3C10H11F7O2.Gd/c3*1-7(2,3)5(18)4-6(19)8(11,12)9(13,14)10(15,16)17;/h3*4,19H,1-3H3;/b3*6-4-;. The second kappa shape index (κ2) is 19.0. The van der Waals surface area contributed by atoms with E-state index in [4.69, 9.17) is 15.3 Å². The van der Waals surface area contributed by atoms with Crippen LogP contribution in [0.2, 0.25) is 0 Å². The summed E-state index contributed by atoms with van der Waals surface area (Å²) in [7, 11) is 0. The van der Waals surface area contributed by atoms with Gasteiger partial charge in [-0.05, 0) is 0 Å². The van der Waals surface area contributed by atoms with Crippen molar-refractivity contribution < 1.29 is 162 Å². The third-order valence-corrected chi connectivity index (χ3v) is 6.24. The Bertz CT molecular complexity index is 1350. The molecule has 0 saturated carbocycles. The van der Waals surface area contributed by atoms with E-state index in [0.717, 1.165) is 0 Å². The number of ketones is 3. The zero-order chi connectivity index (χ0) is 47.6. The van der Waals surface area contributed by atoms with Gasteiger partial charge in [-0.2, -0.15) is 92.2 Å². The molecular formula is C30H33F21GdO6. The molecule has 0 aromatic heterocycles. The number of halogens is 21. The van der Waals surface area contributed by atoms with Crippen molar-refractivity contribution in [3.8, 4) is 0 Å². The van der Waals surface area contributed by atoms with Crippen LogP contribution in [0.4, 0.5) is 92.2 Å². The molecule has 0 fully saturated rings. The van der Waals surface area contributed by atoms with E-state index in [-0.39, 0.29) is 58.2 Å². The summed E-state index contributed by atoms with van der Waals surface area (Å²) in [4.78, 5) is 33.6. The molecule has 0 aromatic carbocycles. The molecule has 0 heterocycles. The van der Waals surface area contributed by atoms with Gasteiger partial charge in [0.15, 0.2) is 34.6 Å². The Morgan fingerprint density at radius 2 is 0.448 bits per heavy atom. The van der Waals surface area contributed by atoms with Gasteiger partial charge in [0, 0.05) is 74.4 Å². The van der Waals surface area contributed by atoms with Crippen molar-refractivity contribution in [1.29, 1.82) is 0 Å². The number of rotatable bonds is 9. The molecule has 0 aromatic rings. The normalized spacial score (nSPS) is 15.3. The molecule has 0 aliphatic rings. The van der Waals surface area contributed by atoms with Crippen molar-refractivity contribution in [1.82, 2.24) is 0 Å². The van der Waals surface area contributed by atoms with Crippen LogP contribution in [0, 0.1) is 56.2 Å². The maximum atomic E-state index is 12.9. The smallest absolute Gasteiger partial charge is 0.460 e. The van der Waals surface area contributed by atoms with E-state index < -0.39 is 105 Å². The van der Waals surface area contributed by atoms with Gasteiger partial charge in [-0.1, -0.05) is 62.3 Å². The van der Waals surface area contributed by atoms with E-state index in [2.05, 4.69) is 0 Å². The minimum Gasteiger partial charge on any atom is -0.506 e. The van der Waals surface area contributed by atoms with E-state index in [1.807, 2.05) is 0 Å². The first-order valence-corrected chi connectivity index (χ1v) is 14.5.